The Morgan fingerprint density at radius 2 is 1.90 bits per heavy atom. The maximum atomic E-state index is 13.6. The molecule has 4 nitrogen and oxygen atoms in total. The number of amides is 1. The van der Waals surface area contributed by atoms with Crippen molar-refractivity contribution in [1.29, 1.82) is 0 Å². The Morgan fingerprint density at radius 3 is 2.57 bits per heavy atom. The predicted molar refractivity (Wildman–Crippen MR) is 80.5 cm³/mol. The minimum atomic E-state index is -0.844. The van der Waals surface area contributed by atoms with Gasteiger partial charge in [-0.05, 0) is 41.1 Å². The monoisotopic (exact) mass is 355 g/mol. The van der Waals surface area contributed by atoms with E-state index in [9.17, 15) is 13.6 Å². The molecule has 2 aromatic rings. The van der Waals surface area contributed by atoms with Gasteiger partial charge in [0.15, 0.2) is 0 Å². The lowest BCUT2D eigenvalue weighted by Crippen LogP contribution is -2.14. The zero-order valence-electron chi connectivity index (χ0n) is 11.3. The highest BCUT2D eigenvalue weighted by molar-refractivity contribution is 9.10. The second kappa shape index (κ2) is 6.17. The normalized spacial score (nSPS) is 10.3. The molecule has 1 aromatic carbocycles. The fraction of sp³-hybridized carbons (Fsp3) is 0.143. The average Bonchev–Trinajstić information content (AvgIpc) is 2.43. The van der Waals surface area contributed by atoms with Crippen LogP contribution in [0.2, 0.25) is 0 Å². The summed E-state index contributed by atoms with van der Waals surface area (Å²) in [5.74, 6) is -1.55. The van der Waals surface area contributed by atoms with Crippen LogP contribution in [0.4, 0.5) is 20.3 Å². The summed E-state index contributed by atoms with van der Waals surface area (Å²) in [4.78, 5) is 16.3. The maximum Gasteiger partial charge on any atom is 0.255 e. The van der Waals surface area contributed by atoms with Crippen LogP contribution in [0.5, 0.6) is 0 Å². The van der Waals surface area contributed by atoms with Gasteiger partial charge in [0.2, 0.25) is 0 Å². The molecule has 0 unspecified atom stereocenters. The summed E-state index contributed by atoms with van der Waals surface area (Å²) < 4.78 is 26.9. The van der Waals surface area contributed by atoms with Crippen LogP contribution >= 0.6 is 15.9 Å². The first kappa shape index (κ1) is 15.4. The van der Waals surface area contributed by atoms with E-state index in [4.69, 9.17) is 0 Å². The number of nitrogens with zero attached hydrogens (tertiary/aromatic N) is 1. The van der Waals surface area contributed by atoms with Crippen LogP contribution in [0.3, 0.4) is 0 Å². The first-order valence-electron chi connectivity index (χ1n) is 6.03. The van der Waals surface area contributed by atoms with Gasteiger partial charge in [-0.25, -0.2) is 13.8 Å². The number of aromatic nitrogens is 1. The van der Waals surface area contributed by atoms with Gasteiger partial charge in [-0.1, -0.05) is 0 Å². The number of hydrogen-bond donors (Lipinski definition) is 2. The molecule has 7 heteroatoms. The Hall–Kier alpha value is -2.02. The number of anilines is 2. The summed E-state index contributed by atoms with van der Waals surface area (Å²) in [5.41, 5.74) is 0.869. The van der Waals surface area contributed by atoms with Crippen LogP contribution < -0.4 is 10.6 Å². The molecule has 0 spiro atoms. The van der Waals surface area contributed by atoms with Gasteiger partial charge in [-0.15, -0.1) is 0 Å². The highest BCUT2D eigenvalue weighted by atomic mass is 79.9. The fourth-order valence-corrected chi connectivity index (χ4v) is 2.08. The zero-order valence-corrected chi connectivity index (χ0v) is 12.9. The Morgan fingerprint density at radius 1 is 1.19 bits per heavy atom. The van der Waals surface area contributed by atoms with Gasteiger partial charge >= 0.3 is 0 Å². The number of benzene rings is 1. The number of carbonyl (C=O) groups is 1. The van der Waals surface area contributed by atoms with E-state index < -0.39 is 17.5 Å². The van der Waals surface area contributed by atoms with Crippen LogP contribution in [-0.2, 0) is 0 Å². The molecule has 21 heavy (non-hydrogen) atoms. The van der Waals surface area contributed by atoms with Gasteiger partial charge in [-0.2, -0.15) is 0 Å². The lowest BCUT2D eigenvalue weighted by atomic mass is 10.2. The second-order valence-electron chi connectivity index (χ2n) is 4.33. The summed E-state index contributed by atoms with van der Waals surface area (Å²) in [6, 6.07) is 5.00. The number of rotatable bonds is 3. The van der Waals surface area contributed by atoms with E-state index in [-0.39, 0.29) is 10.2 Å². The Bertz CT molecular complexity index is 707. The number of halogens is 3. The molecular weight excluding hydrogens is 344 g/mol. The van der Waals surface area contributed by atoms with E-state index in [1.54, 1.807) is 26.1 Å². The molecule has 2 N–H and O–H groups in total. The smallest absolute Gasteiger partial charge is 0.255 e. The molecule has 0 aliphatic rings. The van der Waals surface area contributed by atoms with E-state index in [1.165, 1.54) is 6.07 Å². The Labute approximate surface area is 128 Å². The molecule has 0 atom stereocenters. The average molecular weight is 356 g/mol. The molecule has 0 saturated carbocycles. The van der Waals surface area contributed by atoms with Crippen molar-refractivity contribution in [3.63, 3.8) is 0 Å². The van der Waals surface area contributed by atoms with E-state index in [1.807, 2.05) is 0 Å². The topological polar surface area (TPSA) is 54.0 Å². The van der Waals surface area contributed by atoms with E-state index in [0.29, 0.717) is 23.1 Å². The van der Waals surface area contributed by atoms with Gasteiger partial charge in [0.05, 0.1) is 10.2 Å². The summed E-state index contributed by atoms with van der Waals surface area (Å²) >= 11 is 2.95. The zero-order chi connectivity index (χ0) is 15.6. The standard InChI is InChI=1S/C14H12BrF2N3O/c1-7-3-8(4-13(18-2)19-7)14(21)20-12-5-9(15)10(16)6-11(12)17/h3-6H,1-2H3,(H,18,19)(H,20,21). The summed E-state index contributed by atoms with van der Waals surface area (Å²) in [5, 5.41) is 5.24. The molecule has 1 amide bonds. The quantitative estimate of drug-likeness (QED) is 0.825. The molecule has 0 fully saturated rings. The van der Waals surface area contributed by atoms with Gasteiger partial charge in [0.1, 0.15) is 17.5 Å². The van der Waals surface area contributed by atoms with Crippen molar-refractivity contribution < 1.29 is 13.6 Å². The molecule has 0 bridgehead atoms. The number of nitrogens with one attached hydrogen (secondary N) is 2. The first-order valence-corrected chi connectivity index (χ1v) is 6.82. The van der Waals surface area contributed by atoms with E-state index in [2.05, 4.69) is 31.5 Å². The van der Waals surface area contributed by atoms with Crippen LogP contribution in [0.15, 0.2) is 28.7 Å². The molecule has 0 saturated heterocycles. The van der Waals surface area contributed by atoms with Gasteiger partial charge in [0.25, 0.3) is 5.91 Å². The van der Waals surface area contributed by atoms with E-state index >= 15 is 0 Å². The minimum Gasteiger partial charge on any atom is -0.373 e. The van der Waals surface area contributed by atoms with Crippen LogP contribution in [0.1, 0.15) is 16.1 Å². The highest BCUT2D eigenvalue weighted by Crippen LogP contribution is 2.24. The molecule has 1 aromatic heterocycles. The molecular formula is C14H12BrF2N3O. The van der Waals surface area contributed by atoms with E-state index in [0.717, 1.165) is 0 Å². The van der Waals surface area contributed by atoms with Crippen molar-refractivity contribution in [3.8, 4) is 0 Å². The van der Waals surface area contributed by atoms with Gasteiger partial charge in [0, 0.05) is 24.4 Å². The lowest BCUT2D eigenvalue weighted by Gasteiger charge is -2.09. The van der Waals surface area contributed by atoms with Crippen molar-refractivity contribution in [1.82, 2.24) is 4.98 Å². The molecule has 0 aliphatic heterocycles. The third-order valence-corrected chi connectivity index (χ3v) is 3.34. The van der Waals surface area contributed by atoms with Crippen molar-refractivity contribution >= 4 is 33.3 Å². The third-order valence-electron chi connectivity index (χ3n) is 2.73. The fourth-order valence-electron chi connectivity index (χ4n) is 1.74. The van der Waals surface area contributed by atoms with Crippen molar-refractivity contribution in [2.75, 3.05) is 17.7 Å². The van der Waals surface area contributed by atoms with Crippen LogP contribution in [0, 0.1) is 18.6 Å². The number of hydrogen-bond acceptors (Lipinski definition) is 3. The van der Waals surface area contributed by atoms with Crippen LogP contribution in [-0.4, -0.2) is 17.9 Å². The number of carbonyl (C=O) groups excluding carboxylic acids is 1. The molecule has 1 heterocycles. The lowest BCUT2D eigenvalue weighted by molar-refractivity contribution is 0.102. The molecule has 110 valence electrons. The Balaban J connectivity index is 2.30. The number of pyridine rings is 1. The summed E-state index contributed by atoms with van der Waals surface area (Å²) in [6.07, 6.45) is 0. The predicted octanol–water partition coefficient (Wildman–Crippen LogP) is 3.72. The molecule has 2 rings (SSSR count). The van der Waals surface area contributed by atoms with Gasteiger partial charge < -0.3 is 10.6 Å². The van der Waals surface area contributed by atoms with Crippen molar-refractivity contribution in [2.45, 2.75) is 6.92 Å². The third kappa shape index (κ3) is 3.55. The molecule has 0 aliphatic carbocycles. The minimum absolute atomic E-state index is 0.0704. The first-order chi connectivity index (χ1) is 9.90. The highest BCUT2D eigenvalue weighted by Gasteiger charge is 2.13. The van der Waals surface area contributed by atoms with Gasteiger partial charge in [-0.3, -0.25) is 4.79 Å². The Kier molecular flexibility index (Phi) is 4.52. The SMILES string of the molecule is CNc1cc(C(=O)Nc2cc(Br)c(F)cc2F)cc(C)n1. The largest absolute Gasteiger partial charge is 0.373 e. The van der Waals surface area contributed by atoms with Crippen LogP contribution in [0.25, 0.3) is 0 Å². The van der Waals surface area contributed by atoms with Crippen molar-refractivity contribution in [2.24, 2.45) is 0 Å². The second-order valence-corrected chi connectivity index (χ2v) is 5.19. The number of aryl methyl sites for hydroxylation is 1. The van der Waals surface area contributed by atoms with Crippen molar-refractivity contribution in [3.05, 3.63) is 51.6 Å². The molecule has 0 radical (unpaired) electrons. The summed E-state index contributed by atoms with van der Waals surface area (Å²) in [7, 11) is 1.68. The maximum absolute atomic E-state index is 13.6. The summed E-state index contributed by atoms with van der Waals surface area (Å²) in [6.45, 7) is 1.74.